The molecule has 0 fully saturated rings. The second-order valence-electron chi connectivity index (χ2n) is 2.74. The molecular formula is C8H24N5O4P. The molecule has 1 aromatic rings. The lowest BCUT2D eigenvalue weighted by molar-refractivity contribution is 0.275. The minimum absolute atomic E-state index is 0. The minimum Gasteiger partial charge on any atom is -0.344 e. The summed E-state index contributed by atoms with van der Waals surface area (Å²) in [5, 5.41) is 0. The van der Waals surface area contributed by atoms with Crippen molar-refractivity contribution in [2.24, 2.45) is 11.5 Å². The molecule has 0 aromatic heterocycles. The molecule has 0 aliphatic heterocycles. The SMILES string of the molecule is N.N.N.NCc1cccc(CN)c1.O=P(O)(O)O. The molecule has 16 N–H and O–H groups in total. The zero-order valence-corrected chi connectivity index (χ0v) is 11.1. The third-order valence-electron chi connectivity index (χ3n) is 1.46. The van der Waals surface area contributed by atoms with E-state index in [2.05, 4.69) is 0 Å². The highest BCUT2D eigenvalue weighted by molar-refractivity contribution is 7.45. The molecule has 1 aromatic carbocycles. The number of benzene rings is 1. The molecule has 0 atom stereocenters. The zero-order valence-electron chi connectivity index (χ0n) is 10.2. The van der Waals surface area contributed by atoms with Crippen molar-refractivity contribution in [2.45, 2.75) is 13.1 Å². The van der Waals surface area contributed by atoms with Crippen LogP contribution in [0.4, 0.5) is 0 Å². The summed E-state index contributed by atoms with van der Waals surface area (Å²) in [6.45, 7) is 1.18. The molecule has 0 aliphatic carbocycles. The summed E-state index contributed by atoms with van der Waals surface area (Å²) in [6, 6.07) is 8.00. The Balaban J connectivity index is -0.000000109. The van der Waals surface area contributed by atoms with E-state index in [1.165, 1.54) is 0 Å². The maximum atomic E-state index is 8.88. The van der Waals surface area contributed by atoms with E-state index < -0.39 is 7.82 Å². The molecule has 18 heavy (non-hydrogen) atoms. The highest BCUT2D eigenvalue weighted by Gasteiger charge is 2.00. The van der Waals surface area contributed by atoms with Gasteiger partial charge in [0.15, 0.2) is 0 Å². The first-order chi connectivity index (χ1) is 6.86. The summed E-state index contributed by atoms with van der Waals surface area (Å²) in [7, 11) is -4.64. The molecule has 0 amide bonds. The molecule has 9 nitrogen and oxygen atoms in total. The van der Waals surface area contributed by atoms with Crippen LogP contribution in [0.2, 0.25) is 0 Å². The van der Waals surface area contributed by atoms with Crippen molar-refractivity contribution in [3.8, 4) is 0 Å². The van der Waals surface area contributed by atoms with Gasteiger partial charge in [-0.3, -0.25) is 0 Å². The predicted molar refractivity (Wildman–Crippen MR) is 71.6 cm³/mol. The lowest BCUT2D eigenvalue weighted by atomic mass is 10.1. The van der Waals surface area contributed by atoms with Crippen molar-refractivity contribution in [2.75, 3.05) is 0 Å². The Morgan fingerprint density at radius 2 is 1.22 bits per heavy atom. The quantitative estimate of drug-likeness (QED) is 0.345. The van der Waals surface area contributed by atoms with Gasteiger partial charge in [0.25, 0.3) is 0 Å². The fraction of sp³-hybridized carbons (Fsp3) is 0.250. The molecule has 0 spiro atoms. The molecule has 0 aliphatic rings. The molecule has 10 heteroatoms. The van der Waals surface area contributed by atoms with Crippen molar-refractivity contribution >= 4 is 7.82 Å². The van der Waals surface area contributed by atoms with Gasteiger partial charge in [-0.15, -0.1) is 0 Å². The number of hydrogen-bond donors (Lipinski definition) is 8. The first-order valence-corrected chi connectivity index (χ1v) is 5.69. The number of nitrogens with two attached hydrogens (primary N) is 2. The van der Waals surface area contributed by atoms with Crippen molar-refractivity contribution < 1.29 is 19.2 Å². The Morgan fingerprint density at radius 3 is 1.44 bits per heavy atom. The van der Waals surface area contributed by atoms with Crippen LogP contribution in [-0.4, -0.2) is 14.7 Å². The van der Waals surface area contributed by atoms with E-state index >= 15 is 0 Å². The van der Waals surface area contributed by atoms with Crippen LogP contribution >= 0.6 is 7.82 Å². The van der Waals surface area contributed by atoms with Gasteiger partial charge in [-0.2, -0.15) is 0 Å². The lowest BCUT2D eigenvalue weighted by Crippen LogP contribution is -2.00. The molecule has 0 heterocycles. The van der Waals surface area contributed by atoms with E-state index in [9.17, 15) is 0 Å². The smallest absolute Gasteiger partial charge is 0.344 e. The standard InChI is InChI=1S/C8H12N2.3H3N.H3O4P/c9-5-7-2-1-3-8(4-7)6-10;;;;1-5(2,3)4/h1-4H,5-6,9-10H2;3*1H3;(H3,1,2,3,4). The van der Waals surface area contributed by atoms with E-state index in [-0.39, 0.29) is 18.5 Å². The van der Waals surface area contributed by atoms with Crippen molar-refractivity contribution in [1.82, 2.24) is 18.5 Å². The summed E-state index contributed by atoms with van der Waals surface area (Å²) in [5.41, 5.74) is 13.1. The molecular weight excluding hydrogens is 261 g/mol. The molecule has 110 valence electrons. The van der Waals surface area contributed by atoms with E-state index in [1.54, 1.807) is 0 Å². The summed E-state index contributed by atoms with van der Waals surface area (Å²) in [6.07, 6.45) is 0. The fourth-order valence-electron chi connectivity index (χ4n) is 0.884. The molecule has 0 saturated carbocycles. The van der Waals surface area contributed by atoms with Crippen molar-refractivity contribution in [3.63, 3.8) is 0 Å². The van der Waals surface area contributed by atoms with Gasteiger partial charge in [0.05, 0.1) is 0 Å². The number of rotatable bonds is 2. The Bertz CT molecular complexity index is 318. The van der Waals surface area contributed by atoms with E-state index in [0.29, 0.717) is 13.1 Å². The van der Waals surface area contributed by atoms with Crippen LogP contribution in [0, 0.1) is 0 Å². The number of hydrogen-bond acceptors (Lipinski definition) is 6. The highest BCUT2D eigenvalue weighted by Crippen LogP contribution is 2.25. The van der Waals surface area contributed by atoms with Gasteiger partial charge in [-0.25, -0.2) is 4.57 Å². The second kappa shape index (κ2) is 12.6. The Hall–Kier alpha value is -0.870. The van der Waals surface area contributed by atoms with Crippen LogP contribution in [0.25, 0.3) is 0 Å². The van der Waals surface area contributed by atoms with Gasteiger partial charge in [0.1, 0.15) is 0 Å². The predicted octanol–water partition coefficient (Wildman–Crippen LogP) is 0.161. The van der Waals surface area contributed by atoms with Gasteiger partial charge in [0, 0.05) is 13.1 Å². The van der Waals surface area contributed by atoms with Gasteiger partial charge >= 0.3 is 7.82 Å². The maximum Gasteiger partial charge on any atom is 0.466 e. The van der Waals surface area contributed by atoms with Crippen LogP contribution in [0.15, 0.2) is 24.3 Å². The third kappa shape index (κ3) is 17.5. The Kier molecular flexibility index (Phi) is 18.1. The minimum atomic E-state index is -4.64. The van der Waals surface area contributed by atoms with Gasteiger partial charge in [0.2, 0.25) is 0 Å². The van der Waals surface area contributed by atoms with Gasteiger partial charge < -0.3 is 44.6 Å². The zero-order chi connectivity index (χ0) is 11.9. The van der Waals surface area contributed by atoms with Gasteiger partial charge in [-0.1, -0.05) is 24.3 Å². The monoisotopic (exact) mass is 285 g/mol. The summed E-state index contributed by atoms with van der Waals surface area (Å²) < 4.78 is 8.88. The summed E-state index contributed by atoms with van der Waals surface area (Å²) >= 11 is 0. The summed E-state index contributed by atoms with van der Waals surface area (Å²) in [5.74, 6) is 0. The fourth-order valence-corrected chi connectivity index (χ4v) is 0.884. The Morgan fingerprint density at radius 1 is 0.944 bits per heavy atom. The van der Waals surface area contributed by atoms with Crippen LogP contribution in [-0.2, 0) is 17.7 Å². The van der Waals surface area contributed by atoms with Gasteiger partial charge in [-0.05, 0) is 11.1 Å². The third-order valence-corrected chi connectivity index (χ3v) is 1.46. The molecule has 1 rings (SSSR count). The summed E-state index contributed by atoms with van der Waals surface area (Å²) in [4.78, 5) is 21.6. The largest absolute Gasteiger partial charge is 0.466 e. The van der Waals surface area contributed by atoms with Crippen LogP contribution in [0.5, 0.6) is 0 Å². The van der Waals surface area contributed by atoms with Crippen LogP contribution in [0.3, 0.4) is 0 Å². The Labute approximate surface area is 106 Å². The highest BCUT2D eigenvalue weighted by atomic mass is 31.2. The molecule has 0 bridgehead atoms. The normalized spacial score (nSPS) is 8.72. The molecule has 0 unspecified atom stereocenters. The van der Waals surface area contributed by atoms with E-state index in [0.717, 1.165) is 11.1 Å². The van der Waals surface area contributed by atoms with Crippen molar-refractivity contribution in [3.05, 3.63) is 35.4 Å². The molecule has 0 saturated heterocycles. The topological polar surface area (TPSA) is 235 Å². The van der Waals surface area contributed by atoms with Crippen LogP contribution in [0.1, 0.15) is 11.1 Å². The van der Waals surface area contributed by atoms with E-state index in [4.69, 9.17) is 30.7 Å². The first kappa shape index (κ1) is 25.9. The van der Waals surface area contributed by atoms with E-state index in [1.807, 2.05) is 24.3 Å². The molecule has 0 radical (unpaired) electrons. The number of phosphoric acid groups is 1. The lowest BCUT2D eigenvalue weighted by Gasteiger charge is -1.98. The van der Waals surface area contributed by atoms with Crippen LogP contribution < -0.4 is 29.9 Å². The van der Waals surface area contributed by atoms with Crippen molar-refractivity contribution in [1.29, 1.82) is 0 Å². The average Bonchev–Trinajstić information content (AvgIpc) is 2.15. The average molecular weight is 285 g/mol. The maximum absolute atomic E-state index is 8.88. The second-order valence-corrected chi connectivity index (χ2v) is 3.77. The first-order valence-electron chi connectivity index (χ1n) is 4.13.